The van der Waals surface area contributed by atoms with Gasteiger partial charge in [0.15, 0.2) is 11.5 Å². The van der Waals surface area contributed by atoms with E-state index in [1.807, 2.05) is 6.07 Å². The van der Waals surface area contributed by atoms with Crippen LogP contribution in [0.15, 0.2) is 42.5 Å². The SMILES string of the molecule is Oc1ccc2c(c1O)CC[C@@H]1[C@H]2CCCN1Cc1ccccc1. The Morgan fingerprint density at radius 1 is 1.00 bits per heavy atom. The summed E-state index contributed by atoms with van der Waals surface area (Å²) in [4.78, 5) is 2.61. The third-order valence-corrected chi connectivity index (χ3v) is 5.51. The molecule has 3 heteroatoms. The average molecular weight is 309 g/mol. The largest absolute Gasteiger partial charge is 0.504 e. The summed E-state index contributed by atoms with van der Waals surface area (Å²) in [5, 5.41) is 19.9. The van der Waals surface area contributed by atoms with E-state index in [9.17, 15) is 10.2 Å². The molecule has 0 aromatic heterocycles. The minimum Gasteiger partial charge on any atom is -0.504 e. The van der Waals surface area contributed by atoms with Crippen molar-refractivity contribution in [2.24, 2.45) is 0 Å². The van der Waals surface area contributed by atoms with Gasteiger partial charge in [-0.2, -0.15) is 0 Å². The highest BCUT2D eigenvalue weighted by atomic mass is 16.3. The number of rotatable bonds is 2. The zero-order chi connectivity index (χ0) is 15.8. The summed E-state index contributed by atoms with van der Waals surface area (Å²) in [5.74, 6) is 0.586. The van der Waals surface area contributed by atoms with Crippen LogP contribution in [0.2, 0.25) is 0 Å². The predicted octanol–water partition coefficient (Wildman–Crippen LogP) is 3.79. The molecule has 2 aromatic rings. The molecule has 1 fully saturated rings. The Hall–Kier alpha value is -2.00. The van der Waals surface area contributed by atoms with Gasteiger partial charge in [-0.15, -0.1) is 0 Å². The van der Waals surface area contributed by atoms with E-state index in [0.717, 1.165) is 31.5 Å². The van der Waals surface area contributed by atoms with Gasteiger partial charge in [-0.25, -0.2) is 0 Å². The van der Waals surface area contributed by atoms with Gasteiger partial charge < -0.3 is 10.2 Å². The molecule has 1 saturated heterocycles. The van der Waals surface area contributed by atoms with Crippen molar-refractivity contribution in [2.45, 2.75) is 44.2 Å². The Kier molecular flexibility index (Phi) is 3.74. The number of hydrogen-bond acceptors (Lipinski definition) is 3. The van der Waals surface area contributed by atoms with Crippen molar-refractivity contribution < 1.29 is 10.2 Å². The van der Waals surface area contributed by atoms with Gasteiger partial charge >= 0.3 is 0 Å². The Labute approximate surface area is 137 Å². The molecular formula is C20H23NO2. The topological polar surface area (TPSA) is 43.7 Å². The molecule has 2 aliphatic rings. The fourth-order valence-electron chi connectivity index (χ4n) is 4.43. The summed E-state index contributed by atoms with van der Waals surface area (Å²) in [6, 6.07) is 14.9. The van der Waals surface area contributed by atoms with E-state index in [-0.39, 0.29) is 11.5 Å². The lowest BCUT2D eigenvalue weighted by atomic mass is 9.74. The number of fused-ring (bicyclic) bond motifs is 3. The van der Waals surface area contributed by atoms with E-state index < -0.39 is 0 Å². The molecule has 23 heavy (non-hydrogen) atoms. The van der Waals surface area contributed by atoms with Gasteiger partial charge in [0.05, 0.1) is 0 Å². The lowest BCUT2D eigenvalue weighted by Crippen LogP contribution is -2.45. The van der Waals surface area contributed by atoms with Crippen molar-refractivity contribution in [3.05, 3.63) is 59.2 Å². The van der Waals surface area contributed by atoms with Crippen molar-refractivity contribution in [3.63, 3.8) is 0 Å². The van der Waals surface area contributed by atoms with E-state index in [1.165, 1.54) is 24.0 Å². The number of phenols is 2. The average Bonchev–Trinajstić information content (AvgIpc) is 2.59. The van der Waals surface area contributed by atoms with Crippen LogP contribution in [0.1, 0.15) is 41.9 Å². The lowest BCUT2D eigenvalue weighted by molar-refractivity contribution is 0.104. The molecule has 0 radical (unpaired) electrons. The molecule has 4 rings (SSSR count). The van der Waals surface area contributed by atoms with Crippen LogP contribution in [0.5, 0.6) is 11.5 Å². The molecule has 2 aromatic carbocycles. The third-order valence-electron chi connectivity index (χ3n) is 5.51. The Morgan fingerprint density at radius 3 is 2.65 bits per heavy atom. The van der Waals surface area contributed by atoms with Gasteiger partial charge in [-0.05, 0) is 55.3 Å². The molecular weight excluding hydrogens is 286 g/mol. The van der Waals surface area contributed by atoms with Gasteiger partial charge in [-0.1, -0.05) is 36.4 Å². The second-order valence-electron chi connectivity index (χ2n) is 6.81. The summed E-state index contributed by atoms with van der Waals surface area (Å²) in [6.45, 7) is 2.15. The maximum absolute atomic E-state index is 10.2. The van der Waals surface area contributed by atoms with Gasteiger partial charge in [0.2, 0.25) is 0 Å². The normalized spacial score (nSPS) is 24.0. The van der Waals surface area contributed by atoms with E-state index in [1.54, 1.807) is 6.07 Å². The highest BCUT2D eigenvalue weighted by Crippen LogP contribution is 2.45. The van der Waals surface area contributed by atoms with Crippen LogP contribution >= 0.6 is 0 Å². The number of likely N-dealkylation sites (tertiary alicyclic amines) is 1. The van der Waals surface area contributed by atoms with E-state index in [4.69, 9.17) is 0 Å². The number of piperidine rings is 1. The van der Waals surface area contributed by atoms with Crippen molar-refractivity contribution in [1.29, 1.82) is 0 Å². The van der Waals surface area contributed by atoms with Crippen LogP contribution in [0, 0.1) is 0 Å². The first-order valence-electron chi connectivity index (χ1n) is 8.55. The van der Waals surface area contributed by atoms with Gasteiger partial charge in [0.1, 0.15) is 0 Å². The molecule has 0 bridgehead atoms. The zero-order valence-electron chi connectivity index (χ0n) is 13.3. The van der Waals surface area contributed by atoms with Gasteiger partial charge in [0, 0.05) is 18.2 Å². The van der Waals surface area contributed by atoms with Gasteiger partial charge in [-0.3, -0.25) is 4.90 Å². The first-order valence-corrected chi connectivity index (χ1v) is 8.55. The summed E-state index contributed by atoms with van der Waals surface area (Å²) in [7, 11) is 0. The molecule has 1 heterocycles. The fraction of sp³-hybridized carbons (Fsp3) is 0.400. The lowest BCUT2D eigenvalue weighted by Gasteiger charge is -2.45. The smallest absolute Gasteiger partial charge is 0.160 e. The molecule has 1 aliphatic carbocycles. The van der Waals surface area contributed by atoms with Crippen molar-refractivity contribution >= 4 is 0 Å². The second-order valence-corrected chi connectivity index (χ2v) is 6.81. The molecule has 2 N–H and O–H groups in total. The molecule has 2 atom stereocenters. The molecule has 0 spiro atoms. The number of nitrogens with zero attached hydrogens (tertiary/aromatic N) is 1. The summed E-state index contributed by atoms with van der Waals surface area (Å²) in [6.07, 6.45) is 4.27. The summed E-state index contributed by atoms with van der Waals surface area (Å²) in [5.41, 5.74) is 3.58. The minimum absolute atomic E-state index is 0.0131. The molecule has 1 aliphatic heterocycles. The predicted molar refractivity (Wildman–Crippen MR) is 90.7 cm³/mol. The maximum atomic E-state index is 10.2. The van der Waals surface area contributed by atoms with Crippen LogP contribution < -0.4 is 0 Å². The van der Waals surface area contributed by atoms with Crippen molar-refractivity contribution in [2.75, 3.05) is 6.54 Å². The third kappa shape index (κ3) is 2.59. The van der Waals surface area contributed by atoms with Crippen LogP contribution in [-0.4, -0.2) is 27.7 Å². The highest BCUT2D eigenvalue weighted by Gasteiger charge is 2.37. The number of phenolic OH excluding ortho intramolecular Hbond substituents is 2. The monoisotopic (exact) mass is 309 g/mol. The maximum Gasteiger partial charge on any atom is 0.160 e. The second kappa shape index (κ2) is 5.89. The molecule has 0 unspecified atom stereocenters. The first kappa shape index (κ1) is 14.6. The minimum atomic E-state index is 0.0131. The van der Waals surface area contributed by atoms with Gasteiger partial charge in [0.25, 0.3) is 0 Å². The standard InChI is InChI=1S/C20H23NO2/c22-19-11-9-15-16-7-4-12-21(13-14-5-2-1-3-6-14)18(16)10-8-17(15)20(19)23/h1-3,5-6,9,11,16,18,22-23H,4,7-8,10,12-13H2/t16-,18+/m0/s1. The number of hydrogen-bond donors (Lipinski definition) is 2. The highest BCUT2D eigenvalue weighted by molar-refractivity contribution is 5.51. The molecule has 120 valence electrons. The van der Waals surface area contributed by atoms with E-state index in [0.29, 0.717) is 12.0 Å². The Morgan fingerprint density at radius 2 is 1.83 bits per heavy atom. The zero-order valence-corrected chi connectivity index (χ0v) is 13.3. The van der Waals surface area contributed by atoms with Crippen LogP contribution in [0.25, 0.3) is 0 Å². The molecule has 0 saturated carbocycles. The fourth-order valence-corrected chi connectivity index (χ4v) is 4.43. The van der Waals surface area contributed by atoms with Crippen LogP contribution in [-0.2, 0) is 13.0 Å². The Bertz CT molecular complexity index is 698. The molecule has 3 nitrogen and oxygen atoms in total. The summed E-state index contributed by atoms with van der Waals surface area (Å²) >= 11 is 0. The van der Waals surface area contributed by atoms with Crippen LogP contribution in [0.3, 0.4) is 0 Å². The number of benzene rings is 2. The number of aromatic hydroxyl groups is 2. The van der Waals surface area contributed by atoms with E-state index >= 15 is 0 Å². The summed E-state index contributed by atoms with van der Waals surface area (Å²) < 4.78 is 0. The van der Waals surface area contributed by atoms with Crippen molar-refractivity contribution in [1.82, 2.24) is 4.90 Å². The first-order chi connectivity index (χ1) is 11.2. The van der Waals surface area contributed by atoms with E-state index in [2.05, 4.69) is 35.2 Å². The Balaban J connectivity index is 1.62. The molecule has 0 amide bonds. The quantitative estimate of drug-likeness (QED) is 0.830. The van der Waals surface area contributed by atoms with Crippen molar-refractivity contribution in [3.8, 4) is 11.5 Å². The van der Waals surface area contributed by atoms with Crippen LogP contribution in [0.4, 0.5) is 0 Å².